The van der Waals surface area contributed by atoms with Gasteiger partial charge in [0.1, 0.15) is 5.67 Å². The smallest absolute Gasteiger partial charge is 0.278 e. The topological polar surface area (TPSA) is 72.3 Å². The molecule has 0 unspecified atom stereocenters. The average Bonchev–Trinajstić information content (AvgIpc) is 3.29. The number of nitrogens with one attached hydrogen (secondary N) is 1. The molecular weight excluding hydrogens is 498 g/mol. The van der Waals surface area contributed by atoms with Crippen molar-refractivity contribution < 1.29 is 27.1 Å². The van der Waals surface area contributed by atoms with E-state index in [-0.39, 0.29) is 29.1 Å². The van der Waals surface area contributed by atoms with Crippen molar-refractivity contribution in [3.8, 4) is 5.19 Å². The molecule has 0 atom stereocenters. The SMILES string of the molecule is Cn1ncc(CC(=O)N[C@H]2CC[C@](F)(CCN3CCc4nc(OCC(C)(F)F)sc4CC3)CC2)c1F. The monoisotopic (exact) mass is 531 g/mol. The third kappa shape index (κ3) is 7.18. The highest BCUT2D eigenvalue weighted by atomic mass is 32.1. The first-order valence-electron chi connectivity index (χ1n) is 12.4. The van der Waals surface area contributed by atoms with Crippen LogP contribution in [-0.4, -0.2) is 69.4 Å². The molecule has 2 aromatic heterocycles. The van der Waals surface area contributed by atoms with Crippen molar-refractivity contribution in [1.29, 1.82) is 0 Å². The quantitative estimate of drug-likeness (QED) is 0.498. The number of carbonyl (C=O) groups excluding carboxylic acids is 1. The van der Waals surface area contributed by atoms with Gasteiger partial charge < -0.3 is 15.0 Å². The second-order valence-corrected chi connectivity index (χ2v) is 11.1. The van der Waals surface area contributed by atoms with E-state index in [0.29, 0.717) is 45.1 Å². The molecule has 1 saturated carbocycles. The van der Waals surface area contributed by atoms with Gasteiger partial charge in [-0.25, -0.2) is 22.8 Å². The van der Waals surface area contributed by atoms with Crippen molar-refractivity contribution in [2.24, 2.45) is 7.05 Å². The van der Waals surface area contributed by atoms with Gasteiger partial charge in [0.25, 0.3) is 11.1 Å². The van der Waals surface area contributed by atoms with Crippen molar-refractivity contribution in [3.05, 3.63) is 28.3 Å². The van der Waals surface area contributed by atoms with E-state index in [1.165, 1.54) is 24.6 Å². The Morgan fingerprint density at radius 1 is 1.31 bits per heavy atom. The highest BCUT2D eigenvalue weighted by molar-refractivity contribution is 7.13. The van der Waals surface area contributed by atoms with Crippen LogP contribution in [0, 0.1) is 5.95 Å². The number of nitrogens with zero attached hydrogens (tertiary/aromatic N) is 4. The summed E-state index contributed by atoms with van der Waals surface area (Å²) in [7, 11) is 1.48. The van der Waals surface area contributed by atoms with Crippen LogP contribution in [0.4, 0.5) is 17.6 Å². The van der Waals surface area contributed by atoms with E-state index < -0.39 is 24.1 Å². The summed E-state index contributed by atoms with van der Waals surface area (Å²) in [4.78, 5) is 19.9. The minimum absolute atomic E-state index is 0.0784. The van der Waals surface area contributed by atoms with Gasteiger partial charge >= 0.3 is 0 Å². The van der Waals surface area contributed by atoms with Gasteiger partial charge in [0, 0.05) is 56.5 Å². The summed E-state index contributed by atoms with van der Waals surface area (Å²) < 4.78 is 61.6. The molecule has 2 aromatic rings. The van der Waals surface area contributed by atoms with Crippen LogP contribution in [0.5, 0.6) is 5.19 Å². The maximum Gasteiger partial charge on any atom is 0.278 e. The fourth-order valence-electron chi connectivity index (χ4n) is 4.79. The molecule has 12 heteroatoms. The Balaban J connectivity index is 1.18. The fourth-order valence-corrected chi connectivity index (χ4v) is 5.73. The summed E-state index contributed by atoms with van der Waals surface area (Å²) >= 11 is 1.32. The summed E-state index contributed by atoms with van der Waals surface area (Å²) in [5, 5.41) is 6.99. The minimum atomic E-state index is -2.90. The van der Waals surface area contributed by atoms with Gasteiger partial charge in [-0.3, -0.25) is 4.79 Å². The molecule has 3 heterocycles. The van der Waals surface area contributed by atoms with Crippen molar-refractivity contribution >= 4 is 17.2 Å². The molecule has 0 radical (unpaired) electrons. The van der Waals surface area contributed by atoms with E-state index in [1.807, 2.05) is 0 Å². The first-order chi connectivity index (χ1) is 17.0. The van der Waals surface area contributed by atoms with Gasteiger partial charge in [-0.05, 0) is 38.5 Å². The Bertz CT molecular complexity index is 1020. The normalized spacial score (nSPS) is 23.2. The highest BCUT2D eigenvalue weighted by Crippen LogP contribution is 2.36. The van der Waals surface area contributed by atoms with Crippen LogP contribution in [0.2, 0.25) is 0 Å². The third-order valence-electron chi connectivity index (χ3n) is 6.94. The second-order valence-electron chi connectivity index (χ2n) is 10.1. The zero-order valence-electron chi connectivity index (χ0n) is 20.7. The van der Waals surface area contributed by atoms with E-state index in [4.69, 9.17) is 4.74 Å². The summed E-state index contributed by atoms with van der Waals surface area (Å²) in [6, 6.07) is -0.106. The number of halogens is 4. The van der Waals surface area contributed by atoms with E-state index in [2.05, 4.69) is 20.3 Å². The number of aryl methyl sites for hydroxylation is 1. The highest BCUT2D eigenvalue weighted by Gasteiger charge is 2.36. The van der Waals surface area contributed by atoms with Gasteiger partial charge in [0.2, 0.25) is 11.9 Å². The molecule has 0 bridgehead atoms. The molecule has 4 rings (SSSR count). The zero-order valence-corrected chi connectivity index (χ0v) is 21.5. The number of hydrogen-bond donors (Lipinski definition) is 1. The lowest BCUT2D eigenvalue weighted by atomic mass is 9.81. The molecule has 0 aromatic carbocycles. The molecule has 2 aliphatic rings. The van der Waals surface area contributed by atoms with Gasteiger partial charge in [-0.2, -0.15) is 9.49 Å². The summed E-state index contributed by atoms with van der Waals surface area (Å²) in [6.45, 7) is 2.26. The van der Waals surface area contributed by atoms with Gasteiger partial charge in [0.15, 0.2) is 6.61 Å². The number of thiazole rings is 1. The van der Waals surface area contributed by atoms with Crippen LogP contribution >= 0.6 is 11.3 Å². The van der Waals surface area contributed by atoms with Gasteiger partial charge in [0.05, 0.1) is 18.3 Å². The van der Waals surface area contributed by atoms with Crippen molar-refractivity contribution in [1.82, 2.24) is 25.0 Å². The van der Waals surface area contributed by atoms with Crippen molar-refractivity contribution in [3.63, 3.8) is 0 Å². The lowest BCUT2D eigenvalue weighted by molar-refractivity contribution is -0.121. The molecule has 1 aliphatic carbocycles. The number of aromatic nitrogens is 3. The number of ether oxygens (including phenoxy) is 1. The van der Waals surface area contributed by atoms with Crippen molar-refractivity contribution in [2.75, 3.05) is 26.2 Å². The average molecular weight is 532 g/mol. The number of fused-ring (bicyclic) bond motifs is 1. The van der Waals surface area contributed by atoms with Gasteiger partial charge in [-0.15, -0.1) is 0 Å². The Hall–Kier alpha value is -2.21. The molecule has 1 N–H and O–H groups in total. The predicted molar refractivity (Wildman–Crippen MR) is 128 cm³/mol. The van der Waals surface area contributed by atoms with E-state index >= 15 is 4.39 Å². The summed E-state index contributed by atoms with van der Waals surface area (Å²) in [5.74, 6) is -3.70. The second kappa shape index (κ2) is 11.0. The maximum atomic E-state index is 15.5. The largest absolute Gasteiger partial charge is 0.464 e. The number of rotatable bonds is 9. The lowest BCUT2D eigenvalue weighted by Gasteiger charge is -2.35. The van der Waals surface area contributed by atoms with Crippen LogP contribution in [0.3, 0.4) is 0 Å². The molecule has 1 fully saturated rings. The zero-order chi connectivity index (χ0) is 25.9. The molecule has 1 aliphatic heterocycles. The molecular formula is C24H33F4N5O2S. The minimum Gasteiger partial charge on any atom is -0.464 e. The molecule has 36 heavy (non-hydrogen) atoms. The van der Waals surface area contributed by atoms with Crippen molar-refractivity contribution in [2.45, 2.75) is 75.9 Å². The Morgan fingerprint density at radius 3 is 2.69 bits per heavy atom. The molecule has 7 nitrogen and oxygen atoms in total. The number of hydrogen-bond acceptors (Lipinski definition) is 6. The first-order valence-corrected chi connectivity index (χ1v) is 13.2. The Morgan fingerprint density at radius 2 is 2.03 bits per heavy atom. The fraction of sp³-hybridized carbons (Fsp3) is 0.708. The predicted octanol–water partition coefficient (Wildman–Crippen LogP) is 3.85. The lowest BCUT2D eigenvalue weighted by Crippen LogP contribution is -2.43. The van der Waals surface area contributed by atoms with E-state index in [1.54, 1.807) is 0 Å². The molecule has 200 valence electrons. The Labute approximate surface area is 212 Å². The molecule has 0 spiro atoms. The van der Waals surface area contributed by atoms with Gasteiger partial charge in [-0.1, -0.05) is 11.3 Å². The summed E-state index contributed by atoms with van der Waals surface area (Å²) in [5.41, 5.74) is -0.133. The maximum absolute atomic E-state index is 15.5. The number of carbonyl (C=O) groups is 1. The van der Waals surface area contributed by atoms with Crippen LogP contribution in [0.25, 0.3) is 0 Å². The van der Waals surface area contributed by atoms with Crippen LogP contribution in [-0.2, 0) is 31.1 Å². The first kappa shape index (κ1) is 26.8. The standard InChI is InChI=1S/C24H33F4N5O2S/c1-23(26,27)15-35-22-31-18-5-10-33(11-6-19(18)36-22)12-9-24(28)7-3-17(4-8-24)30-20(34)13-16-14-29-32(2)21(16)25/h14,17H,3-13,15H2,1-2H3,(H,30,34)/t17-,24+. The summed E-state index contributed by atoms with van der Waals surface area (Å²) in [6.07, 6.45) is 4.99. The van der Waals surface area contributed by atoms with Crippen LogP contribution in [0.15, 0.2) is 6.20 Å². The third-order valence-corrected chi connectivity index (χ3v) is 8.01. The van der Waals surface area contributed by atoms with Crippen LogP contribution in [0.1, 0.15) is 55.2 Å². The molecule has 1 amide bonds. The van der Waals surface area contributed by atoms with E-state index in [9.17, 15) is 18.0 Å². The molecule has 0 saturated heterocycles. The van der Waals surface area contributed by atoms with Crippen LogP contribution < -0.4 is 10.1 Å². The number of alkyl halides is 3. The Kier molecular flexibility index (Phi) is 8.23. The number of amides is 1. The van der Waals surface area contributed by atoms with E-state index in [0.717, 1.165) is 41.7 Å².